The standard InChI is InChI=1S/C17H21NO/c1-4-19-16-10-8-15(9-11-16)18-12-17-13(2)6-5-7-14(17)3/h5-11,18H,4,12H2,1-3H3. The minimum atomic E-state index is 0.704. The number of ether oxygens (including phenoxy) is 1. The van der Waals surface area contributed by atoms with E-state index in [1.54, 1.807) is 0 Å². The van der Waals surface area contributed by atoms with Crippen molar-refractivity contribution in [3.8, 4) is 5.75 Å². The molecule has 0 atom stereocenters. The molecule has 19 heavy (non-hydrogen) atoms. The first-order valence-corrected chi connectivity index (χ1v) is 6.72. The van der Waals surface area contributed by atoms with Gasteiger partial charge in [-0.3, -0.25) is 0 Å². The van der Waals surface area contributed by atoms with E-state index in [4.69, 9.17) is 4.74 Å². The zero-order chi connectivity index (χ0) is 13.7. The van der Waals surface area contributed by atoms with E-state index in [2.05, 4.69) is 49.5 Å². The van der Waals surface area contributed by atoms with E-state index in [9.17, 15) is 0 Å². The molecule has 2 aromatic rings. The van der Waals surface area contributed by atoms with E-state index in [0.717, 1.165) is 18.0 Å². The van der Waals surface area contributed by atoms with Crippen LogP contribution < -0.4 is 10.1 Å². The highest BCUT2D eigenvalue weighted by Gasteiger charge is 2.02. The highest BCUT2D eigenvalue weighted by atomic mass is 16.5. The van der Waals surface area contributed by atoms with Gasteiger partial charge in [-0.15, -0.1) is 0 Å². The van der Waals surface area contributed by atoms with Crippen molar-refractivity contribution in [1.29, 1.82) is 0 Å². The third kappa shape index (κ3) is 3.50. The lowest BCUT2D eigenvalue weighted by Gasteiger charge is -2.12. The van der Waals surface area contributed by atoms with Crippen LogP contribution in [0.4, 0.5) is 5.69 Å². The van der Waals surface area contributed by atoms with Gasteiger partial charge in [0.1, 0.15) is 5.75 Å². The molecule has 0 unspecified atom stereocenters. The zero-order valence-electron chi connectivity index (χ0n) is 11.9. The molecule has 0 bridgehead atoms. The van der Waals surface area contributed by atoms with Gasteiger partial charge in [0.25, 0.3) is 0 Å². The Hall–Kier alpha value is -1.96. The monoisotopic (exact) mass is 255 g/mol. The molecule has 0 radical (unpaired) electrons. The smallest absolute Gasteiger partial charge is 0.119 e. The first-order valence-electron chi connectivity index (χ1n) is 6.72. The van der Waals surface area contributed by atoms with Crippen LogP contribution >= 0.6 is 0 Å². The summed E-state index contributed by atoms with van der Waals surface area (Å²) in [6, 6.07) is 14.5. The molecule has 0 aliphatic rings. The first-order chi connectivity index (χ1) is 9.20. The Morgan fingerprint density at radius 3 is 2.16 bits per heavy atom. The average Bonchev–Trinajstić information content (AvgIpc) is 2.40. The molecule has 0 amide bonds. The molecular formula is C17H21NO. The van der Waals surface area contributed by atoms with Gasteiger partial charge in [-0.2, -0.15) is 0 Å². The van der Waals surface area contributed by atoms with Crippen LogP contribution in [0.3, 0.4) is 0 Å². The summed E-state index contributed by atoms with van der Waals surface area (Å²) >= 11 is 0. The van der Waals surface area contributed by atoms with Gasteiger partial charge in [0.05, 0.1) is 6.61 Å². The number of hydrogen-bond acceptors (Lipinski definition) is 2. The maximum atomic E-state index is 5.43. The fraction of sp³-hybridized carbons (Fsp3) is 0.294. The van der Waals surface area contributed by atoms with Crippen molar-refractivity contribution in [3.05, 3.63) is 59.2 Å². The van der Waals surface area contributed by atoms with Gasteiger partial charge in [0.2, 0.25) is 0 Å². The fourth-order valence-electron chi connectivity index (χ4n) is 2.15. The molecule has 100 valence electrons. The number of nitrogens with one attached hydrogen (secondary N) is 1. The lowest BCUT2D eigenvalue weighted by molar-refractivity contribution is 0.340. The predicted octanol–water partition coefficient (Wildman–Crippen LogP) is 4.31. The van der Waals surface area contributed by atoms with Gasteiger partial charge in [-0.1, -0.05) is 18.2 Å². The Labute approximate surface area is 115 Å². The molecule has 0 saturated carbocycles. The van der Waals surface area contributed by atoms with Crippen LogP contribution in [0.5, 0.6) is 5.75 Å². The third-order valence-corrected chi connectivity index (χ3v) is 3.28. The molecule has 1 N–H and O–H groups in total. The molecule has 2 nitrogen and oxygen atoms in total. The summed E-state index contributed by atoms with van der Waals surface area (Å²) in [5, 5.41) is 3.46. The lowest BCUT2D eigenvalue weighted by Crippen LogP contribution is -2.03. The number of rotatable bonds is 5. The summed E-state index contributed by atoms with van der Waals surface area (Å²) in [6.45, 7) is 7.86. The van der Waals surface area contributed by atoms with Gasteiger partial charge in [0, 0.05) is 12.2 Å². The normalized spacial score (nSPS) is 10.3. The highest BCUT2D eigenvalue weighted by molar-refractivity contribution is 5.48. The van der Waals surface area contributed by atoms with E-state index in [1.165, 1.54) is 16.7 Å². The second-order valence-electron chi connectivity index (χ2n) is 4.68. The van der Waals surface area contributed by atoms with E-state index in [0.29, 0.717) is 6.61 Å². The number of benzene rings is 2. The maximum Gasteiger partial charge on any atom is 0.119 e. The highest BCUT2D eigenvalue weighted by Crippen LogP contribution is 2.18. The topological polar surface area (TPSA) is 21.3 Å². The quantitative estimate of drug-likeness (QED) is 0.859. The average molecular weight is 255 g/mol. The van der Waals surface area contributed by atoms with Crippen LogP contribution in [0.1, 0.15) is 23.6 Å². The molecule has 0 heterocycles. The van der Waals surface area contributed by atoms with Crippen molar-refractivity contribution in [2.24, 2.45) is 0 Å². The molecule has 2 rings (SSSR count). The summed E-state index contributed by atoms with van der Waals surface area (Å²) in [6.07, 6.45) is 0. The lowest BCUT2D eigenvalue weighted by atomic mass is 10.0. The number of anilines is 1. The van der Waals surface area contributed by atoms with Crippen molar-refractivity contribution < 1.29 is 4.74 Å². The molecule has 0 aliphatic heterocycles. The van der Waals surface area contributed by atoms with Crippen molar-refractivity contribution >= 4 is 5.69 Å². The molecule has 0 spiro atoms. The summed E-state index contributed by atoms with van der Waals surface area (Å²) in [4.78, 5) is 0. The van der Waals surface area contributed by atoms with E-state index in [1.807, 2.05) is 19.1 Å². The molecule has 2 heteroatoms. The van der Waals surface area contributed by atoms with Crippen molar-refractivity contribution in [3.63, 3.8) is 0 Å². The fourth-order valence-corrected chi connectivity index (χ4v) is 2.15. The first kappa shape index (κ1) is 13.5. The van der Waals surface area contributed by atoms with Gasteiger partial charge in [0.15, 0.2) is 0 Å². The molecule has 0 saturated heterocycles. The zero-order valence-corrected chi connectivity index (χ0v) is 11.9. The Morgan fingerprint density at radius 2 is 1.58 bits per heavy atom. The van der Waals surface area contributed by atoms with Crippen LogP contribution in [0.15, 0.2) is 42.5 Å². The van der Waals surface area contributed by atoms with Crippen molar-refractivity contribution in [2.45, 2.75) is 27.3 Å². The van der Waals surface area contributed by atoms with Gasteiger partial charge >= 0.3 is 0 Å². The van der Waals surface area contributed by atoms with E-state index in [-0.39, 0.29) is 0 Å². The van der Waals surface area contributed by atoms with Crippen molar-refractivity contribution in [1.82, 2.24) is 0 Å². The minimum Gasteiger partial charge on any atom is -0.494 e. The Morgan fingerprint density at radius 1 is 0.947 bits per heavy atom. The summed E-state index contributed by atoms with van der Waals surface area (Å²) in [7, 11) is 0. The maximum absolute atomic E-state index is 5.43. The summed E-state index contributed by atoms with van der Waals surface area (Å²) in [5.41, 5.74) is 5.15. The van der Waals surface area contributed by atoms with Gasteiger partial charge in [-0.05, 0) is 61.7 Å². The van der Waals surface area contributed by atoms with Crippen LogP contribution in [0, 0.1) is 13.8 Å². The SMILES string of the molecule is CCOc1ccc(NCc2c(C)cccc2C)cc1. The second-order valence-corrected chi connectivity index (χ2v) is 4.68. The van der Waals surface area contributed by atoms with Crippen LogP contribution in [-0.2, 0) is 6.54 Å². The minimum absolute atomic E-state index is 0.704. The molecule has 2 aromatic carbocycles. The molecular weight excluding hydrogens is 234 g/mol. The number of aryl methyl sites for hydroxylation is 2. The predicted molar refractivity (Wildman–Crippen MR) is 80.9 cm³/mol. The summed E-state index contributed by atoms with van der Waals surface area (Å²) < 4.78 is 5.43. The third-order valence-electron chi connectivity index (χ3n) is 3.28. The molecule has 0 aromatic heterocycles. The Balaban J connectivity index is 2.02. The van der Waals surface area contributed by atoms with Gasteiger partial charge < -0.3 is 10.1 Å². The molecule has 0 fully saturated rings. The Bertz CT molecular complexity index is 511. The summed E-state index contributed by atoms with van der Waals surface area (Å²) in [5.74, 6) is 0.917. The largest absolute Gasteiger partial charge is 0.494 e. The van der Waals surface area contributed by atoms with E-state index >= 15 is 0 Å². The van der Waals surface area contributed by atoms with Crippen LogP contribution in [0.25, 0.3) is 0 Å². The van der Waals surface area contributed by atoms with Gasteiger partial charge in [-0.25, -0.2) is 0 Å². The van der Waals surface area contributed by atoms with Crippen LogP contribution in [0.2, 0.25) is 0 Å². The Kier molecular flexibility index (Phi) is 4.45. The van der Waals surface area contributed by atoms with Crippen molar-refractivity contribution in [2.75, 3.05) is 11.9 Å². The second kappa shape index (κ2) is 6.28. The molecule has 0 aliphatic carbocycles. The van der Waals surface area contributed by atoms with Crippen LogP contribution in [-0.4, -0.2) is 6.61 Å². The number of hydrogen-bond donors (Lipinski definition) is 1. The van der Waals surface area contributed by atoms with E-state index < -0.39 is 0 Å².